The molecule has 1 aliphatic rings. The summed E-state index contributed by atoms with van der Waals surface area (Å²) >= 11 is 3.57. The van der Waals surface area contributed by atoms with Crippen LogP contribution >= 0.6 is 15.9 Å². The summed E-state index contributed by atoms with van der Waals surface area (Å²) in [6.45, 7) is 4.61. The van der Waals surface area contributed by atoms with Crippen molar-refractivity contribution in [1.82, 2.24) is 0 Å². The van der Waals surface area contributed by atoms with E-state index >= 15 is 0 Å². The number of hydrogen-bond donors (Lipinski definition) is 0. The molecular weight excluding hydrogens is 176 g/mol. The van der Waals surface area contributed by atoms with Crippen molar-refractivity contribution >= 4 is 15.9 Å². The van der Waals surface area contributed by atoms with Gasteiger partial charge in [-0.05, 0) is 31.1 Å². The van der Waals surface area contributed by atoms with Crippen LogP contribution in [0.2, 0.25) is 0 Å². The number of hydrogen-bond acceptors (Lipinski definition) is 0. The Hall–Kier alpha value is 0.480. The van der Waals surface area contributed by atoms with E-state index in [1.165, 1.54) is 19.3 Å². The maximum atomic E-state index is 3.57. The Morgan fingerprint density at radius 2 is 2.00 bits per heavy atom. The molecule has 0 N–H and O–H groups in total. The molecule has 1 heteroatoms. The first-order valence-electron chi connectivity index (χ1n) is 3.84. The summed E-state index contributed by atoms with van der Waals surface area (Å²) in [7, 11) is 0. The molecule has 0 amide bonds. The number of alkyl halides is 1. The van der Waals surface area contributed by atoms with E-state index in [0.717, 1.165) is 11.8 Å². The zero-order chi connectivity index (χ0) is 6.85. The van der Waals surface area contributed by atoms with E-state index in [-0.39, 0.29) is 0 Å². The van der Waals surface area contributed by atoms with E-state index in [0.29, 0.717) is 4.83 Å². The molecule has 1 fully saturated rings. The van der Waals surface area contributed by atoms with Crippen LogP contribution in [0, 0.1) is 11.8 Å². The highest BCUT2D eigenvalue weighted by Gasteiger charge is 2.27. The monoisotopic (exact) mass is 190 g/mol. The van der Waals surface area contributed by atoms with Gasteiger partial charge in [0.15, 0.2) is 0 Å². The molecule has 0 saturated heterocycles. The molecule has 0 spiro atoms. The fourth-order valence-electron chi connectivity index (χ4n) is 1.37. The molecule has 0 aliphatic heterocycles. The third kappa shape index (κ3) is 2.70. The van der Waals surface area contributed by atoms with Crippen molar-refractivity contribution in [3.05, 3.63) is 0 Å². The van der Waals surface area contributed by atoms with Crippen LogP contribution in [0.25, 0.3) is 0 Å². The average molecular weight is 191 g/mol. The summed E-state index contributed by atoms with van der Waals surface area (Å²) in [5.41, 5.74) is 0. The average Bonchev–Trinajstić information content (AvgIpc) is 2.40. The summed E-state index contributed by atoms with van der Waals surface area (Å²) in [6.07, 6.45) is 4.33. The lowest BCUT2D eigenvalue weighted by molar-refractivity contribution is 0.472. The van der Waals surface area contributed by atoms with Gasteiger partial charge in [-0.2, -0.15) is 0 Å². The molecule has 0 aromatic heterocycles. The first-order chi connectivity index (χ1) is 4.20. The van der Waals surface area contributed by atoms with E-state index in [1.807, 2.05) is 0 Å². The van der Waals surface area contributed by atoms with Gasteiger partial charge in [0.1, 0.15) is 0 Å². The van der Waals surface area contributed by atoms with Crippen molar-refractivity contribution < 1.29 is 0 Å². The molecule has 1 rings (SSSR count). The van der Waals surface area contributed by atoms with Gasteiger partial charge in [-0.3, -0.25) is 0 Å². The molecule has 0 aromatic rings. The molecule has 1 aliphatic carbocycles. The van der Waals surface area contributed by atoms with Crippen molar-refractivity contribution in [3.63, 3.8) is 0 Å². The van der Waals surface area contributed by atoms with Crippen molar-refractivity contribution in [2.75, 3.05) is 0 Å². The van der Waals surface area contributed by atoms with Crippen LogP contribution in [-0.2, 0) is 0 Å². The number of rotatable bonds is 3. The summed E-state index contributed by atoms with van der Waals surface area (Å²) in [5.74, 6) is 2.03. The minimum absolute atomic E-state index is 0.716. The summed E-state index contributed by atoms with van der Waals surface area (Å²) in [6, 6.07) is 0. The normalized spacial score (nSPS) is 25.7. The molecule has 0 heterocycles. The fraction of sp³-hybridized carbons (Fsp3) is 1.00. The van der Waals surface area contributed by atoms with Crippen molar-refractivity contribution in [1.29, 1.82) is 0 Å². The lowest BCUT2D eigenvalue weighted by Crippen LogP contribution is -2.02. The highest BCUT2D eigenvalue weighted by atomic mass is 79.9. The molecule has 9 heavy (non-hydrogen) atoms. The van der Waals surface area contributed by atoms with E-state index in [9.17, 15) is 0 Å². The standard InChI is InChI=1S/C8H15Br/c1-6(5-7(2)9)8-3-4-8/h6-8H,3-5H2,1-2H3. The van der Waals surface area contributed by atoms with Gasteiger partial charge in [0.25, 0.3) is 0 Å². The second kappa shape index (κ2) is 3.05. The zero-order valence-electron chi connectivity index (χ0n) is 6.23. The first-order valence-corrected chi connectivity index (χ1v) is 4.75. The second-order valence-electron chi connectivity index (χ2n) is 3.33. The molecule has 0 aromatic carbocycles. The topological polar surface area (TPSA) is 0 Å². The second-order valence-corrected chi connectivity index (χ2v) is 4.89. The predicted octanol–water partition coefficient (Wildman–Crippen LogP) is 3.21. The zero-order valence-corrected chi connectivity index (χ0v) is 7.82. The van der Waals surface area contributed by atoms with Gasteiger partial charge >= 0.3 is 0 Å². The van der Waals surface area contributed by atoms with Crippen LogP contribution in [0.15, 0.2) is 0 Å². The van der Waals surface area contributed by atoms with Crippen molar-refractivity contribution in [2.24, 2.45) is 11.8 Å². The molecule has 2 atom stereocenters. The molecule has 2 unspecified atom stereocenters. The highest BCUT2D eigenvalue weighted by Crippen LogP contribution is 2.39. The minimum Gasteiger partial charge on any atom is -0.0894 e. The fourth-order valence-corrected chi connectivity index (χ4v) is 1.96. The molecule has 0 radical (unpaired) electrons. The van der Waals surface area contributed by atoms with Crippen molar-refractivity contribution in [3.8, 4) is 0 Å². The van der Waals surface area contributed by atoms with Crippen LogP contribution in [0.4, 0.5) is 0 Å². The van der Waals surface area contributed by atoms with Gasteiger partial charge in [0, 0.05) is 4.83 Å². The molecule has 0 nitrogen and oxygen atoms in total. The molecule has 0 bridgehead atoms. The largest absolute Gasteiger partial charge is 0.0894 e. The highest BCUT2D eigenvalue weighted by molar-refractivity contribution is 9.09. The smallest absolute Gasteiger partial charge is 0.0120 e. The van der Waals surface area contributed by atoms with Gasteiger partial charge < -0.3 is 0 Å². The van der Waals surface area contributed by atoms with Crippen molar-refractivity contribution in [2.45, 2.75) is 37.9 Å². The summed E-state index contributed by atoms with van der Waals surface area (Å²) in [5, 5.41) is 0. The van der Waals surface area contributed by atoms with E-state index in [2.05, 4.69) is 29.8 Å². The van der Waals surface area contributed by atoms with E-state index < -0.39 is 0 Å². The Balaban J connectivity index is 2.10. The Morgan fingerprint density at radius 1 is 1.44 bits per heavy atom. The van der Waals surface area contributed by atoms with Crippen LogP contribution in [0.3, 0.4) is 0 Å². The molecule has 54 valence electrons. The maximum Gasteiger partial charge on any atom is 0.0120 e. The predicted molar refractivity (Wildman–Crippen MR) is 44.9 cm³/mol. The Bertz CT molecular complexity index is 84.6. The molecular formula is C8H15Br. The molecule has 1 saturated carbocycles. The lowest BCUT2D eigenvalue weighted by atomic mass is 10.0. The Morgan fingerprint density at radius 3 is 2.33 bits per heavy atom. The minimum atomic E-state index is 0.716. The maximum absolute atomic E-state index is 3.57. The lowest BCUT2D eigenvalue weighted by Gasteiger charge is -2.10. The quantitative estimate of drug-likeness (QED) is 0.601. The first kappa shape index (κ1) is 7.59. The van der Waals surface area contributed by atoms with Gasteiger partial charge in [-0.25, -0.2) is 0 Å². The van der Waals surface area contributed by atoms with Gasteiger partial charge in [-0.1, -0.05) is 29.8 Å². The third-order valence-corrected chi connectivity index (χ3v) is 2.50. The van der Waals surface area contributed by atoms with Crippen LogP contribution in [-0.4, -0.2) is 4.83 Å². The van der Waals surface area contributed by atoms with Gasteiger partial charge in [0.05, 0.1) is 0 Å². The van der Waals surface area contributed by atoms with Crippen LogP contribution in [0.1, 0.15) is 33.1 Å². The Kier molecular flexibility index (Phi) is 2.57. The van der Waals surface area contributed by atoms with Crippen LogP contribution < -0.4 is 0 Å². The van der Waals surface area contributed by atoms with Crippen LogP contribution in [0.5, 0.6) is 0 Å². The summed E-state index contributed by atoms with van der Waals surface area (Å²) in [4.78, 5) is 0.716. The third-order valence-electron chi connectivity index (χ3n) is 2.12. The number of halogens is 1. The Labute approximate surface area is 66.2 Å². The van der Waals surface area contributed by atoms with E-state index in [1.54, 1.807) is 0 Å². The van der Waals surface area contributed by atoms with E-state index in [4.69, 9.17) is 0 Å². The SMILES string of the molecule is CC(Br)CC(C)C1CC1. The van der Waals surface area contributed by atoms with Gasteiger partial charge in [0.2, 0.25) is 0 Å². The summed E-state index contributed by atoms with van der Waals surface area (Å²) < 4.78 is 0. The van der Waals surface area contributed by atoms with Gasteiger partial charge in [-0.15, -0.1) is 0 Å².